The highest BCUT2D eigenvalue weighted by atomic mass is 16.6. The van der Waals surface area contributed by atoms with E-state index >= 15 is 0 Å². The van der Waals surface area contributed by atoms with Gasteiger partial charge in [0.1, 0.15) is 13.2 Å². The molecule has 0 bridgehead atoms. The Morgan fingerprint density at radius 3 is 0.712 bits per heavy atom. The number of nitrogens with zero attached hydrogens (tertiary/aromatic N) is 1. The van der Waals surface area contributed by atoms with Crippen LogP contribution in [0.15, 0.2) is 12.5 Å². The van der Waals surface area contributed by atoms with Crippen LogP contribution in [0.1, 0.15) is 329 Å². The fourth-order valence-corrected chi connectivity index (χ4v) is 9.76. The molecule has 0 unspecified atom stereocenters. The molecule has 0 aromatic carbocycles. The van der Waals surface area contributed by atoms with Gasteiger partial charge in [0.05, 0.1) is 13.1 Å². The van der Waals surface area contributed by atoms with Gasteiger partial charge < -0.3 is 35.1 Å². The minimum absolute atomic E-state index is 0.0689. The molecule has 0 heterocycles. The molecule has 0 aliphatic rings. The van der Waals surface area contributed by atoms with E-state index in [0.29, 0.717) is 19.6 Å². The second-order valence-electron chi connectivity index (χ2n) is 21.7. The topological polar surface area (TPSA) is 118 Å². The number of hydrogen-bond donors (Lipinski definition) is 3. The van der Waals surface area contributed by atoms with Crippen molar-refractivity contribution in [3.8, 4) is 0 Å². The molecule has 0 rings (SSSR count). The number of unbranched alkanes of at least 4 members (excludes halogenated alkanes) is 45. The third-order valence-electron chi connectivity index (χ3n) is 14.7. The van der Waals surface area contributed by atoms with Crippen molar-refractivity contribution in [2.45, 2.75) is 329 Å². The molecule has 0 aliphatic carbocycles. The predicted octanol–water partition coefficient (Wildman–Crippen LogP) is 19.7. The summed E-state index contributed by atoms with van der Waals surface area (Å²) in [5.74, 6) is 0.124. The lowest BCUT2D eigenvalue weighted by atomic mass is 10.0. The number of hydrogen-bond acceptors (Lipinski definition) is 7. The Hall–Kier alpha value is -2.65. The van der Waals surface area contributed by atoms with E-state index in [9.17, 15) is 14.4 Å². The number of alkyl carbamates (subject to hydrolysis) is 3. The van der Waals surface area contributed by atoms with Crippen LogP contribution in [0.4, 0.5) is 14.4 Å². The van der Waals surface area contributed by atoms with Gasteiger partial charge in [0.15, 0.2) is 5.88 Å². The predicted molar refractivity (Wildman–Crippen MR) is 313 cm³/mol. The van der Waals surface area contributed by atoms with Gasteiger partial charge >= 0.3 is 18.3 Å². The van der Waals surface area contributed by atoms with E-state index in [-0.39, 0.29) is 32.2 Å². The number of ether oxygens (including phenoxy) is 3. The highest BCUT2D eigenvalue weighted by Crippen LogP contribution is 2.17. The fraction of sp³-hybridized carbons (Fsp3) is 0.921. The molecule has 0 saturated heterocycles. The molecule has 0 aromatic heterocycles. The maximum absolute atomic E-state index is 12.7. The average Bonchev–Trinajstić information content (AvgIpc) is 3.38. The second kappa shape index (κ2) is 60.2. The van der Waals surface area contributed by atoms with Gasteiger partial charge in [-0.3, -0.25) is 0 Å². The van der Waals surface area contributed by atoms with Crippen LogP contribution >= 0.6 is 0 Å². The SMILES string of the molecule is C=C(OC(=O)NCCCCCCCCCCCCCCCCCC)N(CCOC(=O)NCCCCCCCCCCCCCCCCCC)CCOC(=O)NCCCCCCCCCCCCCCCCCC. The molecule has 432 valence electrons. The lowest BCUT2D eigenvalue weighted by Gasteiger charge is -2.25. The smallest absolute Gasteiger partial charge is 0.413 e. The van der Waals surface area contributed by atoms with Crippen molar-refractivity contribution in [1.82, 2.24) is 20.9 Å². The van der Waals surface area contributed by atoms with Crippen LogP contribution in [0, 0.1) is 0 Å². The molecule has 0 saturated carbocycles. The summed E-state index contributed by atoms with van der Waals surface area (Å²) >= 11 is 0. The zero-order valence-corrected chi connectivity index (χ0v) is 49.0. The Morgan fingerprint density at radius 1 is 0.301 bits per heavy atom. The first-order chi connectivity index (χ1) is 35.9. The van der Waals surface area contributed by atoms with Crippen molar-refractivity contribution in [1.29, 1.82) is 0 Å². The standard InChI is InChI=1S/C63H124N4O6/c1-5-8-11-14-17-20-23-26-29-32-35-38-41-44-47-50-53-64-61(68)71-58-56-67(57-59-72-62(69)65-54-51-48-45-42-39-36-33-30-27-24-21-18-15-12-9-6-2)60(4)73-63(70)66-55-52-49-46-43-40-37-34-31-28-25-22-19-16-13-10-7-3/h4-59H2,1-3H3,(H,64,68)(H,65,69)(H,66,70). The number of rotatable bonds is 59. The van der Waals surface area contributed by atoms with Crippen LogP contribution in [0.5, 0.6) is 0 Å². The summed E-state index contributed by atoms with van der Waals surface area (Å²) in [4.78, 5) is 39.5. The Bertz CT molecular complexity index is 1120. The summed E-state index contributed by atoms with van der Waals surface area (Å²) in [6.45, 7) is 13.2. The summed E-state index contributed by atoms with van der Waals surface area (Å²) in [6, 6.07) is 0. The molecule has 10 heteroatoms. The molecule has 0 spiro atoms. The lowest BCUT2D eigenvalue weighted by molar-refractivity contribution is 0.0860. The maximum atomic E-state index is 12.7. The van der Waals surface area contributed by atoms with Crippen LogP contribution in [-0.4, -0.2) is 69.1 Å². The van der Waals surface area contributed by atoms with Crippen LogP contribution < -0.4 is 16.0 Å². The van der Waals surface area contributed by atoms with Crippen molar-refractivity contribution < 1.29 is 28.6 Å². The highest BCUT2D eigenvalue weighted by Gasteiger charge is 2.15. The normalized spacial score (nSPS) is 11.2. The van der Waals surface area contributed by atoms with E-state index < -0.39 is 18.3 Å². The van der Waals surface area contributed by atoms with Gasteiger partial charge in [-0.2, -0.15) is 0 Å². The highest BCUT2D eigenvalue weighted by molar-refractivity contribution is 5.68. The van der Waals surface area contributed by atoms with Crippen molar-refractivity contribution in [2.24, 2.45) is 0 Å². The van der Waals surface area contributed by atoms with E-state index in [1.165, 1.54) is 270 Å². The zero-order valence-electron chi connectivity index (χ0n) is 49.0. The van der Waals surface area contributed by atoms with E-state index in [1.54, 1.807) is 4.90 Å². The first-order valence-electron chi connectivity index (χ1n) is 32.1. The molecule has 73 heavy (non-hydrogen) atoms. The molecule has 0 atom stereocenters. The van der Waals surface area contributed by atoms with Crippen molar-refractivity contribution in [3.63, 3.8) is 0 Å². The summed E-state index contributed by atoms with van der Waals surface area (Å²) in [6.07, 6.45) is 61.3. The first-order valence-corrected chi connectivity index (χ1v) is 32.1. The van der Waals surface area contributed by atoms with E-state index in [1.807, 2.05) is 0 Å². The summed E-state index contributed by atoms with van der Waals surface area (Å²) in [7, 11) is 0. The summed E-state index contributed by atoms with van der Waals surface area (Å²) < 4.78 is 16.5. The Kier molecular flexibility index (Phi) is 58.0. The minimum atomic E-state index is -0.564. The van der Waals surface area contributed by atoms with Gasteiger partial charge in [-0.1, -0.05) is 310 Å². The lowest BCUT2D eigenvalue weighted by Crippen LogP contribution is -2.37. The average molecular weight is 1030 g/mol. The minimum Gasteiger partial charge on any atom is -0.448 e. The molecular weight excluding hydrogens is 909 g/mol. The largest absolute Gasteiger partial charge is 0.448 e. The molecule has 0 aromatic rings. The second-order valence-corrected chi connectivity index (χ2v) is 21.7. The van der Waals surface area contributed by atoms with Crippen molar-refractivity contribution in [3.05, 3.63) is 12.5 Å². The third-order valence-corrected chi connectivity index (χ3v) is 14.7. The molecule has 0 aliphatic heterocycles. The monoisotopic (exact) mass is 1030 g/mol. The zero-order chi connectivity index (χ0) is 53.0. The number of carbonyl (C=O) groups is 3. The number of amides is 3. The van der Waals surface area contributed by atoms with Crippen LogP contribution in [0.3, 0.4) is 0 Å². The van der Waals surface area contributed by atoms with Gasteiger partial charge in [-0.25, -0.2) is 14.4 Å². The van der Waals surface area contributed by atoms with Crippen LogP contribution in [0.2, 0.25) is 0 Å². The molecule has 3 N–H and O–H groups in total. The quantitative estimate of drug-likeness (QED) is 0.0315. The van der Waals surface area contributed by atoms with Crippen molar-refractivity contribution >= 4 is 18.3 Å². The maximum Gasteiger partial charge on any atom is 0.413 e. The first kappa shape index (κ1) is 70.3. The number of nitrogens with one attached hydrogen (secondary N) is 3. The van der Waals surface area contributed by atoms with E-state index in [4.69, 9.17) is 14.2 Å². The van der Waals surface area contributed by atoms with Gasteiger partial charge in [0.25, 0.3) is 0 Å². The summed E-state index contributed by atoms with van der Waals surface area (Å²) in [5, 5.41) is 8.60. The van der Waals surface area contributed by atoms with Gasteiger partial charge in [-0.05, 0) is 25.8 Å². The van der Waals surface area contributed by atoms with Gasteiger partial charge in [0, 0.05) is 19.6 Å². The fourth-order valence-electron chi connectivity index (χ4n) is 9.76. The van der Waals surface area contributed by atoms with E-state index in [0.717, 1.165) is 38.5 Å². The molecule has 10 nitrogen and oxygen atoms in total. The van der Waals surface area contributed by atoms with Crippen molar-refractivity contribution in [2.75, 3.05) is 45.9 Å². The van der Waals surface area contributed by atoms with E-state index in [2.05, 4.69) is 43.3 Å². The summed E-state index contributed by atoms with van der Waals surface area (Å²) in [5.41, 5.74) is 0. The molecular formula is C63H124N4O6. The Balaban J connectivity index is 4.37. The van der Waals surface area contributed by atoms with Crippen LogP contribution in [-0.2, 0) is 14.2 Å². The molecule has 0 radical (unpaired) electrons. The van der Waals surface area contributed by atoms with Crippen LogP contribution in [0.25, 0.3) is 0 Å². The van der Waals surface area contributed by atoms with Gasteiger partial charge in [0.2, 0.25) is 0 Å². The number of carbonyl (C=O) groups excluding carboxylic acids is 3. The Labute approximate surface area is 453 Å². The molecule has 3 amide bonds. The Morgan fingerprint density at radius 2 is 0.493 bits per heavy atom. The van der Waals surface area contributed by atoms with Gasteiger partial charge in [-0.15, -0.1) is 0 Å². The molecule has 0 fully saturated rings. The third kappa shape index (κ3) is 56.9.